The molecule has 132 valence electrons. The third kappa shape index (κ3) is 5.45. The van der Waals surface area contributed by atoms with Gasteiger partial charge in [-0.2, -0.15) is 0 Å². The first kappa shape index (κ1) is 18.7. The first-order valence-electron chi connectivity index (χ1n) is 8.76. The van der Waals surface area contributed by atoms with Gasteiger partial charge in [-0.3, -0.25) is 4.79 Å². The number of aliphatic carboxylic acids is 1. The van der Waals surface area contributed by atoms with E-state index in [2.05, 4.69) is 11.9 Å². The molecule has 0 spiro atoms. The molecule has 0 aliphatic heterocycles. The highest BCUT2D eigenvalue weighted by molar-refractivity contribution is 6.07. The van der Waals surface area contributed by atoms with E-state index < -0.39 is 12.0 Å². The zero-order valence-electron chi connectivity index (χ0n) is 14.4. The van der Waals surface area contributed by atoms with Gasteiger partial charge in [0.2, 0.25) is 0 Å². The lowest BCUT2D eigenvalue weighted by atomic mass is 10.0. The summed E-state index contributed by atoms with van der Waals surface area (Å²) in [6, 6.07) is 12.2. The smallest absolute Gasteiger partial charge is 0.326 e. The van der Waals surface area contributed by atoms with Crippen LogP contribution in [0.25, 0.3) is 10.8 Å². The van der Waals surface area contributed by atoms with Crippen LogP contribution in [0.5, 0.6) is 0 Å². The van der Waals surface area contributed by atoms with Gasteiger partial charge >= 0.3 is 5.97 Å². The Labute approximate surface area is 148 Å². The van der Waals surface area contributed by atoms with Crippen molar-refractivity contribution in [2.24, 2.45) is 0 Å². The summed E-state index contributed by atoms with van der Waals surface area (Å²) in [6.45, 7) is 3.69. The molecule has 2 aromatic carbocycles. The van der Waals surface area contributed by atoms with E-state index >= 15 is 0 Å². The van der Waals surface area contributed by atoms with Gasteiger partial charge in [0.25, 0.3) is 5.91 Å². The van der Waals surface area contributed by atoms with Crippen LogP contribution in [0.3, 0.4) is 0 Å². The minimum atomic E-state index is -0.986. The van der Waals surface area contributed by atoms with Gasteiger partial charge in [0, 0.05) is 5.56 Å². The van der Waals surface area contributed by atoms with Crippen LogP contribution in [0, 0.1) is 0 Å². The molecule has 2 N–H and O–H groups in total. The standard InChI is InChI=1S/C21H25NO3/c1-2-3-4-5-6-7-15-19(21(24)25)22-20(23)18-14-10-12-16-11-8-9-13-17(16)18/h2,8-14,19H,1,3-7,15H2,(H,22,23)(H,24,25)/t19-/m1/s1. The van der Waals surface area contributed by atoms with Crippen molar-refractivity contribution < 1.29 is 14.7 Å². The second-order valence-corrected chi connectivity index (χ2v) is 6.17. The van der Waals surface area contributed by atoms with Gasteiger partial charge in [0.1, 0.15) is 6.04 Å². The molecule has 4 nitrogen and oxygen atoms in total. The Hall–Kier alpha value is -2.62. The van der Waals surface area contributed by atoms with Crippen LogP contribution in [0.4, 0.5) is 0 Å². The van der Waals surface area contributed by atoms with Crippen molar-refractivity contribution in [1.82, 2.24) is 5.32 Å². The Balaban J connectivity index is 1.97. The zero-order chi connectivity index (χ0) is 18.1. The molecular weight excluding hydrogens is 314 g/mol. The number of nitrogens with one attached hydrogen (secondary N) is 1. The zero-order valence-corrected chi connectivity index (χ0v) is 14.4. The Kier molecular flexibility index (Phi) is 7.20. The topological polar surface area (TPSA) is 66.4 Å². The average molecular weight is 339 g/mol. The number of unbranched alkanes of at least 4 members (excludes halogenated alkanes) is 4. The average Bonchev–Trinajstić information content (AvgIpc) is 2.62. The Morgan fingerprint density at radius 2 is 1.76 bits per heavy atom. The molecule has 0 saturated carbocycles. The van der Waals surface area contributed by atoms with E-state index in [1.807, 2.05) is 42.5 Å². The lowest BCUT2D eigenvalue weighted by Gasteiger charge is -2.15. The Morgan fingerprint density at radius 3 is 2.52 bits per heavy atom. The SMILES string of the molecule is C=CCCCCCC[C@@H](NC(=O)c1cccc2ccccc12)C(=O)O. The van der Waals surface area contributed by atoms with E-state index in [-0.39, 0.29) is 5.91 Å². The molecule has 0 saturated heterocycles. The van der Waals surface area contributed by atoms with Crippen LogP contribution < -0.4 is 5.32 Å². The molecule has 25 heavy (non-hydrogen) atoms. The fourth-order valence-electron chi connectivity index (χ4n) is 2.91. The quantitative estimate of drug-likeness (QED) is 0.493. The summed E-state index contributed by atoms with van der Waals surface area (Å²) < 4.78 is 0. The predicted octanol–water partition coefficient (Wildman–Crippen LogP) is 4.55. The number of allylic oxidation sites excluding steroid dienone is 1. The summed E-state index contributed by atoms with van der Waals surface area (Å²) in [5, 5.41) is 13.9. The molecule has 0 aliphatic carbocycles. The normalized spacial score (nSPS) is 11.8. The fraction of sp³-hybridized carbons (Fsp3) is 0.333. The number of carboxylic acid groups (broad SMARTS) is 1. The lowest BCUT2D eigenvalue weighted by Crippen LogP contribution is -2.40. The maximum absolute atomic E-state index is 12.6. The maximum atomic E-state index is 12.6. The third-order valence-electron chi connectivity index (χ3n) is 4.29. The second kappa shape index (κ2) is 9.62. The summed E-state index contributed by atoms with van der Waals surface area (Å²) in [4.78, 5) is 24.0. The number of carbonyl (C=O) groups is 2. The van der Waals surface area contributed by atoms with E-state index in [1.165, 1.54) is 0 Å². The van der Waals surface area contributed by atoms with Gasteiger partial charge in [-0.25, -0.2) is 4.79 Å². The van der Waals surface area contributed by atoms with Crippen LogP contribution >= 0.6 is 0 Å². The predicted molar refractivity (Wildman–Crippen MR) is 101 cm³/mol. The van der Waals surface area contributed by atoms with Crippen molar-refractivity contribution in [2.45, 2.75) is 44.6 Å². The summed E-state index contributed by atoms with van der Waals surface area (Å²) in [6.07, 6.45) is 7.19. The largest absolute Gasteiger partial charge is 0.480 e. The fourth-order valence-corrected chi connectivity index (χ4v) is 2.91. The number of rotatable bonds is 10. The van der Waals surface area contributed by atoms with E-state index in [9.17, 15) is 14.7 Å². The van der Waals surface area contributed by atoms with Crippen molar-refractivity contribution in [2.75, 3.05) is 0 Å². The van der Waals surface area contributed by atoms with Crippen LogP contribution in [0.2, 0.25) is 0 Å². The van der Waals surface area contributed by atoms with Crippen LogP contribution in [0.1, 0.15) is 48.9 Å². The van der Waals surface area contributed by atoms with Crippen molar-refractivity contribution in [1.29, 1.82) is 0 Å². The van der Waals surface area contributed by atoms with E-state index in [4.69, 9.17) is 0 Å². The van der Waals surface area contributed by atoms with Gasteiger partial charge < -0.3 is 10.4 Å². The molecule has 0 bridgehead atoms. The number of carbonyl (C=O) groups excluding carboxylic acids is 1. The lowest BCUT2D eigenvalue weighted by molar-refractivity contribution is -0.139. The highest BCUT2D eigenvalue weighted by Crippen LogP contribution is 2.19. The molecule has 2 rings (SSSR count). The molecule has 0 heterocycles. The van der Waals surface area contributed by atoms with Crippen molar-refractivity contribution in [3.8, 4) is 0 Å². The first-order chi connectivity index (χ1) is 12.1. The van der Waals surface area contributed by atoms with Crippen LogP contribution in [0.15, 0.2) is 55.1 Å². The number of carboxylic acids is 1. The Morgan fingerprint density at radius 1 is 1.04 bits per heavy atom. The molecule has 0 fully saturated rings. The second-order valence-electron chi connectivity index (χ2n) is 6.17. The number of fused-ring (bicyclic) bond motifs is 1. The van der Waals surface area contributed by atoms with Crippen molar-refractivity contribution >= 4 is 22.6 Å². The molecule has 0 aliphatic rings. The molecule has 2 aromatic rings. The molecule has 0 unspecified atom stereocenters. The van der Waals surface area contributed by atoms with Gasteiger partial charge in [-0.15, -0.1) is 6.58 Å². The molecule has 1 amide bonds. The van der Waals surface area contributed by atoms with Gasteiger partial charge in [0.05, 0.1) is 0 Å². The summed E-state index contributed by atoms with van der Waals surface area (Å²) in [5.74, 6) is -1.32. The van der Waals surface area contributed by atoms with Gasteiger partial charge in [-0.05, 0) is 36.1 Å². The third-order valence-corrected chi connectivity index (χ3v) is 4.29. The summed E-state index contributed by atoms with van der Waals surface area (Å²) in [5.41, 5.74) is 0.510. The minimum Gasteiger partial charge on any atom is -0.480 e. The van der Waals surface area contributed by atoms with Crippen LogP contribution in [-0.4, -0.2) is 23.0 Å². The highest BCUT2D eigenvalue weighted by atomic mass is 16.4. The van der Waals surface area contributed by atoms with E-state index in [1.54, 1.807) is 6.07 Å². The molecule has 0 aromatic heterocycles. The number of benzene rings is 2. The first-order valence-corrected chi connectivity index (χ1v) is 8.76. The summed E-state index contributed by atoms with van der Waals surface area (Å²) in [7, 11) is 0. The molecule has 4 heteroatoms. The molecule has 1 atom stereocenters. The van der Waals surface area contributed by atoms with Gasteiger partial charge in [0.15, 0.2) is 0 Å². The van der Waals surface area contributed by atoms with E-state index in [0.29, 0.717) is 12.0 Å². The van der Waals surface area contributed by atoms with Crippen molar-refractivity contribution in [3.63, 3.8) is 0 Å². The van der Waals surface area contributed by atoms with Gasteiger partial charge in [-0.1, -0.05) is 61.7 Å². The number of hydrogen-bond acceptors (Lipinski definition) is 2. The monoisotopic (exact) mass is 339 g/mol. The maximum Gasteiger partial charge on any atom is 0.326 e. The minimum absolute atomic E-state index is 0.337. The molecular formula is C21H25NO3. The Bertz CT molecular complexity index is 734. The highest BCUT2D eigenvalue weighted by Gasteiger charge is 2.21. The van der Waals surface area contributed by atoms with E-state index in [0.717, 1.165) is 42.9 Å². The molecule has 0 radical (unpaired) electrons. The van der Waals surface area contributed by atoms with Crippen molar-refractivity contribution in [3.05, 3.63) is 60.7 Å². The van der Waals surface area contributed by atoms with Crippen LogP contribution in [-0.2, 0) is 4.79 Å². The number of amides is 1. The summed E-state index contributed by atoms with van der Waals surface area (Å²) >= 11 is 0. The number of hydrogen-bond donors (Lipinski definition) is 2.